The number of carbonyl (C=O) groups excluding carboxylic acids is 1. The van der Waals surface area contributed by atoms with Gasteiger partial charge in [-0.2, -0.15) is 13.2 Å². The van der Waals surface area contributed by atoms with Gasteiger partial charge in [0.2, 0.25) is 0 Å². The summed E-state index contributed by atoms with van der Waals surface area (Å²) >= 11 is 0. The van der Waals surface area contributed by atoms with Crippen molar-refractivity contribution in [3.05, 3.63) is 76.0 Å². The molecule has 0 saturated heterocycles. The highest BCUT2D eigenvalue weighted by Gasteiger charge is 2.32. The van der Waals surface area contributed by atoms with Gasteiger partial charge in [0.15, 0.2) is 0 Å². The summed E-state index contributed by atoms with van der Waals surface area (Å²) in [5.74, 6) is -0.720. The number of hydrogen-bond donors (Lipinski definition) is 1. The Morgan fingerprint density at radius 2 is 1.78 bits per heavy atom. The maximum Gasteiger partial charge on any atom is 0.433 e. The third-order valence-corrected chi connectivity index (χ3v) is 4.11. The van der Waals surface area contributed by atoms with Crippen molar-refractivity contribution < 1.29 is 18.0 Å². The second kappa shape index (κ2) is 6.75. The monoisotopic (exact) mass is 376 g/mol. The number of halogens is 3. The minimum absolute atomic E-state index is 0.0475. The summed E-state index contributed by atoms with van der Waals surface area (Å²) in [6.07, 6.45) is -3.76. The van der Waals surface area contributed by atoms with Gasteiger partial charge < -0.3 is 5.32 Å². The Balaban J connectivity index is 1.92. The molecule has 27 heavy (non-hydrogen) atoms. The molecule has 3 rings (SSSR count). The van der Waals surface area contributed by atoms with Gasteiger partial charge >= 0.3 is 6.18 Å². The summed E-state index contributed by atoms with van der Waals surface area (Å²) < 4.78 is 40.7. The number of amides is 1. The maximum absolute atomic E-state index is 12.7. The van der Waals surface area contributed by atoms with Crippen LogP contribution in [0.5, 0.6) is 0 Å². The number of nitrogens with one attached hydrogen (secondary N) is 1. The van der Waals surface area contributed by atoms with Crippen LogP contribution in [-0.4, -0.2) is 20.3 Å². The van der Waals surface area contributed by atoms with Crippen molar-refractivity contribution in [2.45, 2.75) is 13.1 Å². The molecule has 1 N–H and O–H groups in total. The second-order valence-corrected chi connectivity index (χ2v) is 5.82. The fourth-order valence-corrected chi connectivity index (χ4v) is 2.59. The van der Waals surface area contributed by atoms with Gasteiger partial charge in [-0.3, -0.25) is 19.3 Å². The van der Waals surface area contributed by atoms with Crippen LogP contribution in [0, 0.1) is 6.92 Å². The number of aromatic nitrogens is 3. The van der Waals surface area contributed by atoms with Gasteiger partial charge in [0, 0.05) is 13.2 Å². The van der Waals surface area contributed by atoms with E-state index in [0.29, 0.717) is 11.4 Å². The molecular formula is C18H15F3N4O2. The van der Waals surface area contributed by atoms with E-state index >= 15 is 0 Å². The van der Waals surface area contributed by atoms with Gasteiger partial charge in [-0.05, 0) is 31.2 Å². The first-order valence-corrected chi connectivity index (χ1v) is 7.89. The van der Waals surface area contributed by atoms with E-state index in [1.807, 2.05) is 6.07 Å². The van der Waals surface area contributed by atoms with Crippen LogP contribution < -0.4 is 10.9 Å². The zero-order valence-electron chi connectivity index (χ0n) is 14.4. The number of anilines is 1. The van der Waals surface area contributed by atoms with E-state index in [9.17, 15) is 22.8 Å². The molecule has 9 heteroatoms. The van der Waals surface area contributed by atoms with Gasteiger partial charge in [-0.25, -0.2) is 4.68 Å². The van der Waals surface area contributed by atoms with Crippen molar-refractivity contribution in [3.8, 4) is 5.69 Å². The molecular weight excluding hydrogens is 361 g/mol. The van der Waals surface area contributed by atoms with Crippen LogP contribution in [0.3, 0.4) is 0 Å². The zero-order chi connectivity index (χ0) is 19.8. The number of carbonyl (C=O) groups is 1. The Hall–Kier alpha value is -3.36. The zero-order valence-corrected chi connectivity index (χ0v) is 14.4. The van der Waals surface area contributed by atoms with E-state index in [2.05, 4.69) is 10.3 Å². The van der Waals surface area contributed by atoms with Gasteiger partial charge in [-0.1, -0.05) is 18.2 Å². The number of benzene rings is 1. The lowest BCUT2D eigenvalue weighted by Crippen LogP contribution is -2.23. The average Bonchev–Trinajstić information content (AvgIpc) is 2.85. The summed E-state index contributed by atoms with van der Waals surface area (Å²) in [5, 5.41) is 2.47. The highest BCUT2D eigenvalue weighted by atomic mass is 19.4. The van der Waals surface area contributed by atoms with Crippen LogP contribution in [-0.2, 0) is 13.2 Å². The molecule has 0 bridgehead atoms. The second-order valence-electron chi connectivity index (χ2n) is 5.82. The first-order chi connectivity index (χ1) is 12.7. The van der Waals surface area contributed by atoms with Crippen molar-refractivity contribution in [1.29, 1.82) is 0 Å². The predicted octanol–water partition coefficient (Wildman–Crippen LogP) is 3.15. The molecule has 0 spiro atoms. The molecule has 1 aromatic carbocycles. The third-order valence-electron chi connectivity index (χ3n) is 4.11. The number of rotatable bonds is 3. The standard InChI is InChI=1S/C18H15F3N4O2/c1-11-15(17(27)25(24(11)2)13-6-4-3-5-7-13)23-16(26)12-8-9-14(22-10-12)18(19,20)21/h3-10H,1-2H3,(H,23,26). The van der Waals surface area contributed by atoms with Crippen LogP contribution in [0.25, 0.3) is 5.69 Å². The molecule has 0 atom stereocenters. The molecule has 0 saturated carbocycles. The van der Waals surface area contributed by atoms with Gasteiger partial charge in [-0.15, -0.1) is 0 Å². The van der Waals surface area contributed by atoms with Crippen molar-refractivity contribution in [1.82, 2.24) is 14.3 Å². The van der Waals surface area contributed by atoms with Crippen molar-refractivity contribution in [2.75, 3.05) is 5.32 Å². The van der Waals surface area contributed by atoms with Crippen molar-refractivity contribution in [2.24, 2.45) is 7.05 Å². The topological polar surface area (TPSA) is 68.9 Å². The maximum atomic E-state index is 12.7. The SMILES string of the molecule is Cc1c(NC(=O)c2ccc(C(F)(F)F)nc2)c(=O)n(-c2ccccc2)n1C. The molecule has 0 aliphatic rings. The number of alkyl halides is 3. The fourth-order valence-electron chi connectivity index (χ4n) is 2.59. The normalized spacial score (nSPS) is 11.4. The smallest absolute Gasteiger partial charge is 0.316 e. The van der Waals surface area contributed by atoms with Gasteiger partial charge in [0.05, 0.1) is 16.9 Å². The Labute approximate surface area is 151 Å². The van der Waals surface area contributed by atoms with E-state index in [4.69, 9.17) is 0 Å². The summed E-state index contributed by atoms with van der Waals surface area (Å²) in [6.45, 7) is 1.65. The van der Waals surface area contributed by atoms with Crippen LogP contribution in [0.4, 0.5) is 18.9 Å². The molecule has 0 radical (unpaired) electrons. The molecule has 1 amide bonds. The summed E-state index contributed by atoms with van der Waals surface area (Å²) in [4.78, 5) is 28.3. The Kier molecular flexibility index (Phi) is 4.61. The highest BCUT2D eigenvalue weighted by molar-refractivity contribution is 6.04. The summed E-state index contributed by atoms with van der Waals surface area (Å²) in [6, 6.07) is 10.6. The Bertz CT molecular complexity index is 1040. The molecule has 0 aliphatic carbocycles. The highest BCUT2D eigenvalue weighted by Crippen LogP contribution is 2.27. The number of pyridine rings is 1. The van der Waals surface area contributed by atoms with E-state index in [1.165, 1.54) is 4.68 Å². The molecule has 2 heterocycles. The van der Waals surface area contributed by atoms with Gasteiger partial charge in [0.1, 0.15) is 11.4 Å². The molecule has 6 nitrogen and oxygen atoms in total. The number of para-hydroxylation sites is 1. The number of nitrogens with zero attached hydrogens (tertiary/aromatic N) is 3. The summed E-state index contributed by atoms with van der Waals surface area (Å²) in [5.41, 5.74) is -0.471. The molecule has 140 valence electrons. The predicted molar refractivity (Wildman–Crippen MR) is 92.9 cm³/mol. The molecule has 0 fully saturated rings. The average molecular weight is 376 g/mol. The van der Waals surface area contributed by atoms with E-state index < -0.39 is 23.3 Å². The molecule has 3 aromatic rings. The minimum atomic E-state index is -4.59. The first kappa shape index (κ1) is 18.4. The van der Waals surface area contributed by atoms with Crippen LogP contribution >= 0.6 is 0 Å². The van der Waals surface area contributed by atoms with Crippen molar-refractivity contribution >= 4 is 11.6 Å². The largest absolute Gasteiger partial charge is 0.433 e. The van der Waals surface area contributed by atoms with Crippen LogP contribution in [0.2, 0.25) is 0 Å². The van der Waals surface area contributed by atoms with Crippen molar-refractivity contribution in [3.63, 3.8) is 0 Å². The van der Waals surface area contributed by atoms with Gasteiger partial charge in [0.25, 0.3) is 11.5 Å². The van der Waals surface area contributed by atoms with Crippen LogP contribution in [0.15, 0.2) is 53.5 Å². The fraction of sp³-hybridized carbons (Fsp3) is 0.167. The van der Waals surface area contributed by atoms with E-state index in [1.54, 1.807) is 42.9 Å². The lowest BCUT2D eigenvalue weighted by Gasteiger charge is -2.07. The first-order valence-electron chi connectivity index (χ1n) is 7.89. The minimum Gasteiger partial charge on any atom is -0.316 e. The van der Waals surface area contributed by atoms with E-state index in [-0.39, 0.29) is 11.3 Å². The van der Waals surface area contributed by atoms with Crippen LogP contribution in [0.1, 0.15) is 21.7 Å². The summed E-state index contributed by atoms with van der Waals surface area (Å²) in [7, 11) is 1.67. The van der Waals surface area contributed by atoms with E-state index in [0.717, 1.165) is 18.3 Å². The molecule has 0 unspecified atom stereocenters. The lowest BCUT2D eigenvalue weighted by molar-refractivity contribution is -0.141. The third kappa shape index (κ3) is 3.48. The Morgan fingerprint density at radius 3 is 2.33 bits per heavy atom. The quantitative estimate of drug-likeness (QED) is 0.764. The number of hydrogen-bond acceptors (Lipinski definition) is 3. The molecule has 2 aromatic heterocycles. The molecule has 0 aliphatic heterocycles. The Morgan fingerprint density at radius 1 is 1.11 bits per heavy atom. The lowest BCUT2D eigenvalue weighted by atomic mass is 10.2.